The van der Waals surface area contributed by atoms with Gasteiger partial charge in [0.2, 0.25) is 6.41 Å². The summed E-state index contributed by atoms with van der Waals surface area (Å²) in [4.78, 5) is 13.6. The van der Waals surface area contributed by atoms with Gasteiger partial charge in [0, 0.05) is 0 Å². The molecule has 1 atom stereocenters. The second kappa shape index (κ2) is 2.30. The van der Waals surface area contributed by atoms with Crippen LogP contribution in [0.5, 0.6) is 0 Å². The third-order valence-corrected chi connectivity index (χ3v) is 0.924. The highest BCUT2D eigenvalue weighted by Gasteiger charge is 2.05. The third-order valence-electron chi connectivity index (χ3n) is 0.924. The van der Waals surface area contributed by atoms with E-state index in [2.05, 4.69) is 15.6 Å². The minimum absolute atomic E-state index is 0.0208. The minimum atomic E-state index is 0.0208. The molecule has 0 aromatic rings. The lowest BCUT2D eigenvalue weighted by atomic mass is 10.5. The van der Waals surface area contributed by atoms with Crippen molar-refractivity contribution < 1.29 is 4.79 Å². The Labute approximate surface area is 47.0 Å². The average Bonchev–Trinajstić information content (AvgIpc) is 2.19. The standard InChI is InChI=1S/C4H7N3O/c8-3-7-4-1-5-2-6-4/h2-4H,1H2,(H,5,6)(H,7,8). The number of rotatable bonds is 2. The smallest absolute Gasteiger partial charge is 0.208 e. The summed E-state index contributed by atoms with van der Waals surface area (Å²) in [6.07, 6.45) is 2.26. The molecular weight excluding hydrogens is 106 g/mol. The maximum atomic E-state index is 9.75. The molecule has 0 saturated carbocycles. The SMILES string of the molecule is O=CNC1CN=CN1. The fourth-order valence-corrected chi connectivity index (χ4v) is 0.536. The summed E-state index contributed by atoms with van der Waals surface area (Å²) in [5.41, 5.74) is 0. The van der Waals surface area contributed by atoms with Crippen molar-refractivity contribution in [1.82, 2.24) is 10.6 Å². The Kier molecular flexibility index (Phi) is 1.46. The van der Waals surface area contributed by atoms with Crippen molar-refractivity contribution >= 4 is 12.7 Å². The maximum Gasteiger partial charge on any atom is 0.208 e. The van der Waals surface area contributed by atoms with Gasteiger partial charge < -0.3 is 10.6 Å². The molecule has 2 N–H and O–H groups in total. The Balaban J connectivity index is 2.19. The molecule has 44 valence electrons. The van der Waals surface area contributed by atoms with Gasteiger partial charge in [0.05, 0.1) is 12.9 Å². The number of hydrogen-bond acceptors (Lipinski definition) is 3. The van der Waals surface area contributed by atoms with Crippen molar-refractivity contribution in [2.45, 2.75) is 6.17 Å². The molecule has 0 fully saturated rings. The van der Waals surface area contributed by atoms with Gasteiger partial charge in [-0.1, -0.05) is 0 Å². The van der Waals surface area contributed by atoms with Crippen LogP contribution >= 0.6 is 0 Å². The molecule has 1 unspecified atom stereocenters. The van der Waals surface area contributed by atoms with Crippen LogP contribution in [0.25, 0.3) is 0 Å². The molecule has 0 saturated heterocycles. The van der Waals surface area contributed by atoms with E-state index in [1.165, 1.54) is 0 Å². The monoisotopic (exact) mass is 113 g/mol. The number of amides is 1. The Morgan fingerprint density at radius 1 is 2.00 bits per heavy atom. The lowest BCUT2D eigenvalue weighted by Crippen LogP contribution is -2.39. The minimum Gasteiger partial charge on any atom is -0.355 e. The van der Waals surface area contributed by atoms with E-state index < -0.39 is 0 Å². The predicted molar refractivity (Wildman–Crippen MR) is 29.5 cm³/mol. The van der Waals surface area contributed by atoms with Crippen LogP contribution < -0.4 is 10.6 Å². The van der Waals surface area contributed by atoms with Crippen molar-refractivity contribution in [2.24, 2.45) is 4.99 Å². The Bertz CT molecular complexity index is 104. The Morgan fingerprint density at radius 2 is 2.88 bits per heavy atom. The molecule has 1 aliphatic heterocycles. The quantitative estimate of drug-likeness (QED) is 0.437. The predicted octanol–water partition coefficient (Wildman–Crippen LogP) is -1.31. The van der Waals surface area contributed by atoms with E-state index in [0.717, 1.165) is 0 Å². The van der Waals surface area contributed by atoms with Gasteiger partial charge >= 0.3 is 0 Å². The van der Waals surface area contributed by atoms with Gasteiger partial charge in [-0.3, -0.25) is 9.79 Å². The molecule has 0 aromatic heterocycles. The zero-order chi connectivity index (χ0) is 5.82. The highest BCUT2D eigenvalue weighted by molar-refractivity contribution is 5.58. The van der Waals surface area contributed by atoms with Crippen LogP contribution in [-0.4, -0.2) is 25.5 Å². The van der Waals surface area contributed by atoms with Crippen molar-refractivity contribution in [1.29, 1.82) is 0 Å². The van der Waals surface area contributed by atoms with E-state index >= 15 is 0 Å². The fraction of sp³-hybridized carbons (Fsp3) is 0.500. The van der Waals surface area contributed by atoms with Gasteiger partial charge in [-0.05, 0) is 0 Å². The lowest BCUT2D eigenvalue weighted by Gasteiger charge is -2.04. The van der Waals surface area contributed by atoms with E-state index in [4.69, 9.17) is 0 Å². The molecule has 4 nitrogen and oxygen atoms in total. The van der Waals surface area contributed by atoms with E-state index in [0.29, 0.717) is 13.0 Å². The molecule has 0 bridgehead atoms. The molecule has 1 rings (SSSR count). The molecule has 1 amide bonds. The number of carbonyl (C=O) groups is 1. The van der Waals surface area contributed by atoms with Crippen molar-refractivity contribution in [3.8, 4) is 0 Å². The fourth-order valence-electron chi connectivity index (χ4n) is 0.536. The van der Waals surface area contributed by atoms with Crippen LogP contribution in [0.1, 0.15) is 0 Å². The summed E-state index contributed by atoms with van der Waals surface area (Å²) >= 11 is 0. The first-order valence-electron chi connectivity index (χ1n) is 2.37. The highest BCUT2D eigenvalue weighted by atomic mass is 16.1. The molecule has 0 spiro atoms. The summed E-state index contributed by atoms with van der Waals surface area (Å²) in [6.45, 7) is 0.638. The van der Waals surface area contributed by atoms with Gasteiger partial charge in [-0.25, -0.2) is 0 Å². The van der Waals surface area contributed by atoms with Crippen LogP contribution in [0.4, 0.5) is 0 Å². The Hall–Kier alpha value is -1.06. The van der Waals surface area contributed by atoms with Crippen LogP contribution in [0.2, 0.25) is 0 Å². The molecule has 8 heavy (non-hydrogen) atoms. The first-order chi connectivity index (χ1) is 3.93. The zero-order valence-corrected chi connectivity index (χ0v) is 4.29. The summed E-state index contributed by atoms with van der Waals surface area (Å²) in [5.74, 6) is 0. The molecule has 1 aliphatic rings. The normalized spacial score (nSPS) is 24.8. The molecule has 1 heterocycles. The molecule has 0 aliphatic carbocycles. The van der Waals surface area contributed by atoms with Gasteiger partial charge in [-0.2, -0.15) is 0 Å². The van der Waals surface area contributed by atoms with E-state index in [1.54, 1.807) is 6.34 Å². The van der Waals surface area contributed by atoms with Crippen molar-refractivity contribution in [3.05, 3.63) is 0 Å². The van der Waals surface area contributed by atoms with Crippen LogP contribution in [0.15, 0.2) is 4.99 Å². The number of hydrogen-bond donors (Lipinski definition) is 2. The Morgan fingerprint density at radius 3 is 3.38 bits per heavy atom. The van der Waals surface area contributed by atoms with E-state index in [9.17, 15) is 4.79 Å². The van der Waals surface area contributed by atoms with Crippen LogP contribution in [0.3, 0.4) is 0 Å². The van der Waals surface area contributed by atoms with E-state index in [1.807, 2.05) is 0 Å². The van der Waals surface area contributed by atoms with Gasteiger partial charge in [-0.15, -0.1) is 0 Å². The summed E-state index contributed by atoms with van der Waals surface area (Å²) in [6, 6.07) is 0. The molecular formula is C4H7N3O. The second-order valence-electron chi connectivity index (χ2n) is 1.50. The summed E-state index contributed by atoms with van der Waals surface area (Å²) in [7, 11) is 0. The molecule has 4 heteroatoms. The van der Waals surface area contributed by atoms with Gasteiger partial charge in [0.15, 0.2) is 0 Å². The summed E-state index contributed by atoms with van der Waals surface area (Å²) in [5, 5.41) is 5.35. The number of carbonyl (C=O) groups excluding carboxylic acids is 1. The van der Waals surface area contributed by atoms with Crippen molar-refractivity contribution in [3.63, 3.8) is 0 Å². The maximum absolute atomic E-state index is 9.75. The number of aliphatic imine (C=N–C) groups is 1. The molecule has 0 aromatic carbocycles. The second-order valence-corrected chi connectivity index (χ2v) is 1.50. The number of nitrogens with zero attached hydrogens (tertiary/aromatic N) is 1. The van der Waals surface area contributed by atoms with E-state index in [-0.39, 0.29) is 6.17 Å². The zero-order valence-electron chi connectivity index (χ0n) is 4.29. The largest absolute Gasteiger partial charge is 0.355 e. The lowest BCUT2D eigenvalue weighted by molar-refractivity contribution is -0.110. The van der Waals surface area contributed by atoms with Crippen LogP contribution in [0, 0.1) is 0 Å². The van der Waals surface area contributed by atoms with Crippen molar-refractivity contribution in [2.75, 3.05) is 6.54 Å². The highest BCUT2D eigenvalue weighted by Crippen LogP contribution is 1.81. The first kappa shape index (κ1) is 5.08. The van der Waals surface area contributed by atoms with Crippen LogP contribution in [-0.2, 0) is 4.79 Å². The average molecular weight is 113 g/mol. The topological polar surface area (TPSA) is 53.5 Å². The summed E-state index contributed by atoms with van der Waals surface area (Å²) < 4.78 is 0. The first-order valence-corrected chi connectivity index (χ1v) is 2.37. The molecule has 0 radical (unpaired) electrons. The third kappa shape index (κ3) is 0.959. The van der Waals surface area contributed by atoms with Gasteiger partial charge in [0.1, 0.15) is 6.17 Å². The van der Waals surface area contributed by atoms with Gasteiger partial charge in [0.25, 0.3) is 0 Å². The number of nitrogens with one attached hydrogen (secondary N) is 2.